The van der Waals surface area contributed by atoms with E-state index in [1.165, 1.54) is 0 Å². The molecule has 0 radical (unpaired) electrons. The van der Waals surface area contributed by atoms with Gasteiger partial charge in [-0.15, -0.1) is 0 Å². The van der Waals surface area contributed by atoms with E-state index in [1.807, 2.05) is 20.8 Å². The highest BCUT2D eigenvalue weighted by atomic mass is 16.5. The van der Waals surface area contributed by atoms with Crippen molar-refractivity contribution in [2.45, 2.75) is 33.2 Å². The molecule has 1 amide bonds. The lowest BCUT2D eigenvalue weighted by Gasteiger charge is -2.30. The zero-order chi connectivity index (χ0) is 13.0. The van der Waals surface area contributed by atoms with Crippen molar-refractivity contribution in [3.05, 3.63) is 0 Å². The molecule has 5 nitrogen and oxygen atoms in total. The largest absolute Gasteiger partial charge is 0.481 e. The summed E-state index contributed by atoms with van der Waals surface area (Å²) in [7, 11) is 0. The first-order chi connectivity index (χ1) is 7.97. The fraction of sp³-hybridized carbons (Fsp3) is 0.833. The number of likely N-dealkylation sites (N-methyl/N-ethyl adjacent to an activating group) is 1. The molecule has 0 saturated carbocycles. The van der Waals surface area contributed by atoms with Gasteiger partial charge in [0.25, 0.3) is 0 Å². The minimum atomic E-state index is -0.886. The summed E-state index contributed by atoms with van der Waals surface area (Å²) in [6.07, 6.45) is 0.455. The Morgan fingerprint density at radius 1 is 1.41 bits per heavy atom. The Kier molecular flexibility index (Phi) is 4.93. The summed E-state index contributed by atoms with van der Waals surface area (Å²) < 4.78 is 5.19. The molecule has 0 aromatic carbocycles. The van der Waals surface area contributed by atoms with Crippen molar-refractivity contribution in [3.8, 4) is 0 Å². The molecule has 0 aromatic rings. The Balaban J connectivity index is 2.72. The van der Waals surface area contributed by atoms with Crippen LogP contribution in [0.4, 0.5) is 0 Å². The number of carboxylic acid groups (broad SMARTS) is 1. The second kappa shape index (κ2) is 6.00. The van der Waals surface area contributed by atoms with E-state index >= 15 is 0 Å². The van der Waals surface area contributed by atoms with Gasteiger partial charge in [0, 0.05) is 13.0 Å². The number of ether oxygens (including phenoxy) is 1. The normalized spacial score (nSPS) is 24.0. The van der Waals surface area contributed by atoms with Gasteiger partial charge in [0.05, 0.1) is 19.3 Å². The molecule has 2 unspecified atom stereocenters. The minimum absolute atomic E-state index is 0.0178. The fourth-order valence-corrected chi connectivity index (χ4v) is 2.15. The minimum Gasteiger partial charge on any atom is -0.481 e. The van der Waals surface area contributed by atoms with Crippen LogP contribution < -0.4 is 0 Å². The summed E-state index contributed by atoms with van der Waals surface area (Å²) in [5.41, 5.74) is 0. The number of carbonyl (C=O) groups excluding carboxylic acids is 1. The number of hydrogen-bond acceptors (Lipinski definition) is 3. The summed E-state index contributed by atoms with van der Waals surface area (Å²) in [5, 5.41) is 9.07. The van der Waals surface area contributed by atoms with Crippen molar-refractivity contribution in [3.63, 3.8) is 0 Å². The van der Waals surface area contributed by atoms with E-state index in [0.717, 1.165) is 0 Å². The van der Waals surface area contributed by atoms with Gasteiger partial charge < -0.3 is 14.7 Å². The molecular formula is C12H21NO4. The molecular weight excluding hydrogens is 222 g/mol. The highest BCUT2D eigenvalue weighted by Gasteiger charge is 2.39. The zero-order valence-corrected chi connectivity index (χ0v) is 10.7. The molecule has 1 N–H and O–H groups in total. The van der Waals surface area contributed by atoms with E-state index in [4.69, 9.17) is 9.84 Å². The van der Waals surface area contributed by atoms with E-state index < -0.39 is 11.9 Å². The standard InChI is InChI=1S/C12H21NO4/c1-4-13(11(14)5-8(2)3)10-7-17-6-9(10)12(15)16/h8-10H,4-7H2,1-3H3,(H,15,16). The Morgan fingerprint density at radius 2 is 2.06 bits per heavy atom. The van der Waals surface area contributed by atoms with Gasteiger partial charge in [0.1, 0.15) is 5.92 Å². The molecule has 0 bridgehead atoms. The molecule has 0 spiro atoms. The molecule has 1 saturated heterocycles. The van der Waals surface area contributed by atoms with Crippen molar-refractivity contribution in [2.75, 3.05) is 19.8 Å². The molecule has 17 heavy (non-hydrogen) atoms. The monoisotopic (exact) mass is 243 g/mol. The predicted octanol–water partition coefficient (Wildman–Crippen LogP) is 0.981. The van der Waals surface area contributed by atoms with E-state index in [0.29, 0.717) is 19.6 Å². The predicted molar refractivity (Wildman–Crippen MR) is 62.6 cm³/mol. The van der Waals surface area contributed by atoms with Gasteiger partial charge in [-0.3, -0.25) is 9.59 Å². The molecule has 1 heterocycles. The first-order valence-corrected chi connectivity index (χ1v) is 6.07. The third-order valence-electron chi connectivity index (χ3n) is 3.01. The third kappa shape index (κ3) is 3.43. The number of carbonyl (C=O) groups is 2. The van der Waals surface area contributed by atoms with Crippen molar-refractivity contribution in [2.24, 2.45) is 11.8 Å². The molecule has 1 rings (SSSR count). The first kappa shape index (κ1) is 14.0. The van der Waals surface area contributed by atoms with Crippen LogP contribution in [0.15, 0.2) is 0 Å². The van der Waals surface area contributed by atoms with Crippen LogP contribution in [0.5, 0.6) is 0 Å². The van der Waals surface area contributed by atoms with Crippen LogP contribution in [0.25, 0.3) is 0 Å². The first-order valence-electron chi connectivity index (χ1n) is 6.07. The highest BCUT2D eigenvalue weighted by molar-refractivity contribution is 5.78. The number of nitrogens with zero attached hydrogens (tertiary/aromatic N) is 1. The Hall–Kier alpha value is -1.10. The zero-order valence-electron chi connectivity index (χ0n) is 10.7. The van der Waals surface area contributed by atoms with E-state index in [1.54, 1.807) is 4.90 Å². The second-order valence-corrected chi connectivity index (χ2v) is 4.83. The van der Waals surface area contributed by atoms with Crippen LogP contribution in [-0.2, 0) is 14.3 Å². The fourth-order valence-electron chi connectivity index (χ4n) is 2.15. The molecule has 1 aliphatic heterocycles. The maximum Gasteiger partial charge on any atom is 0.311 e. The number of rotatable bonds is 5. The van der Waals surface area contributed by atoms with Crippen LogP contribution in [0.3, 0.4) is 0 Å². The summed E-state index contributed by atoms with van der Waals surface area (Å²) in [4.78, 5) is 24.7. The lowest BCUT2D eigenvalue weighted by Crippen LogP contribution is -2.46. The summed E-state index contributed by atoms with van der Waals surface area (Å²) >= 11 is 0. The van der Waals surface area contributed by atoms with Crippen molar-refractivity contribution >= 4 is 11.9 Å². The van der Waals surface area contributed by atoms with Crippen LogP contribution in [0.1, 0.15) is 27.2 Å². The highest BCUT2D eigenvalue weighted by Crippen LogP contribution is 2.21. The van der Waals surface area contributed by atoms with Gasteiger partial charge >= 0.3 is 5.97 Å². The number of carboxylic acids is 1. The molecule has 0 aromatic heterocycles. The molecule has 98 valence electrons. The maximum absolute atomic E-state index is 12.0. The van der Waals surface area contributed by atoms with Gasteiger partial charge in [0.2, 0.25) is 5.91 Å². The Bertz CT molecular complexity index is 290. The number of hydrogen-bond donors (Lipinski definition) is 1. The quantitative estimate of drug-likeness (QED) is 0.781. The van der Waals surface area contributed by atoms with Crippen LogP contribution >= 0.6 is 0 Å². The number of amides is 1. The molecule has 1 aliphatic rings. The SMILES string of the molecule is CCN(C(=O)CC(C)C)C1COCC1C(=O)O. The van der Waals surface area contributed by atoms with E-state index in [2.05, 4.69) is 0 Å². The van der Waals surface area contributed by atoms with Crippen LogP contribution in [0.2, 0.25) is 0 Å². The molecule has 2 atom stereocenters. The van der Waals surface area contributed by atoms with E-state index in [-0.39, 0.29) is 24.5 Å². The number of aliphatic carboxylic acids is 1. The molecule has 0 aliphatic carbocycles. The van der Waals surface area contributed by atoms with Gasteiger partial charge in [-0.2, -0.15) is 0 Å². The summed E-state index contributed by atoms with van der Waals surface area (Å²) in [6.45, 7) is 6.88. The van der Waals surface area contributed by atoms with Gasteiger partial charge in [0.15, 0.2) is 0 Å². The molecule has 1 fully saturated rings. The van der Waals surface area contributed by atoms with Crippen molar-refractivity contribution < 1.29 is 19.4 Å². The van der Waals surface area contributed by atoms with Gasteiger partial charge in [-0.05, 0) is 12.8 Å². The smallest absolute Gasteiger partial charge is 0.311 e. The Labute approximate surface area is 102 Å². The lowest BCUT2D eigenvalue weighted by atomic mass is 10.0. The lowest BCUT2D eigenvalue weighted by molar-refractivity contribution is -0.145. The van der Waals surface area contributed by atoms with Crippen molar-refractivity contribution in [1.29, 1.82) is 0 Å². The second-order valence-electron chi connectivity index (χ2n) is 4.83. The van der Waals surface area contributed by atoms with Crippen LogP contribution in [0, 0.1) is 11.8 Å². The molecule has 5 heteroatoms. The van der Waals surface area contributed by atoms with Gasteiger partial charge in [-0.1, -0.05) is 13.8 Å². The average molecular weight is 243 g/mol. The third-order valence-corrected chi connectivity index (χ3v) is 3.01. The Morgan fingerprint density at radius 3 is 2.53 bits per heavy atom. The van der Waals surface area contributed by atoms with Gasteiger partial charge in [-0.25, -0.2) is 0 Å². The van der Waals surface area contributed by atoms with E-state index in [9.17, 15) is 9.59 Å². The maximum atomic E-state index is 12.0. The van der Waals surface area contributed by atoms with Crippen LogP contribution in [-0.4, -0.2) is 47.7 Å². The topological polar surface area (TPSA) is 66.8 Å². The van der Waals surface area contributed by atoms with Crippen molar-refractivity contribution in [1.82, 2.24) is 4.90 Å². The summed E-state index contributed by atoms with van der Waals surface area (Å²) in [5.74, 6) is -1.18. The summed E-state index contributed by atoms with van der Waals surface area (Å²) in [6, 6.07) is -0.316. The average Bonchev–Trinajstić information content (AvgIpc) is 2.66.